The Labute approximate surface area is 158 Å². The largest absolute Gasteiger partial charge is 0.489 e. The molecule has 2 aromatic heterocycles. The molecule has 3 rings (SSSR count). The molecule has 0 radical (unpaired) electrons. The zero-order valence-electron chi connectivity index (χ0n) is 16.1. The van der Waals surface area contributed by atoms with Crippen molar-refractivity contribution in [3.8, 4) is 5.75 Å². The third-order valence-electron chi connectivity index (χ3n) is 4.52. The Morgan fingerprint density at radius 1 is 1.30 bits per heavy atom. The van der Waals surface area contributed by atoms with E-state index in [1.54, 1.807) is 13.1 Å². The molecule has 1 aromatic carbocycles. The predicted octanol–water partition coefficient (Wildman–Crippen LogP) is 3.33. The average molecular weight is 368 g/mol. The standard InChI is InChI=1S/C20H24N4O3/c1-5-24-14(3)16(11-22-24)10-21-20(25)19-18(15(4)27-23-19)12-26-17-8-6-7-13(2)9-17/h6-9,11H,5,10,12H2,1-4H3,(H,21,25). The van der Waals surface area contributed by atoms with E-state index in [2.05, 4.69) is 15.6 Å². The Hall–Kier alpha value is -3.09. The van der Waals surface area contributed by atoms with E-state index >= 15 is 0 Å². The molecule has 27 heavy (non-hydrogen) atoms. The molecule has 0 atom stereocenters. The zero-order chi connectivity index (χ0) is 19.4. The highest BCUT2D eigenvalue weighted by molar-refractivity contribution is 5.93. The van der Waals surface area contributed by atoms with Gasteiger partial charge in [-0.15, -0.1) is 0 Å². The summed E-state index contributed by atoms with van der Waals surface area (Å²) in [6, 6.07) is 7.75. The Morgan fingerprint density at radius 2 is 2.11 bits per heavy atom. The number of rotatable bonds is 7. The van der Waals surface area contributed by atoms with Crippen molar-refractivity contribution in [2.75, 3.05) is 0 Å². The van der Waals surface area contributed by atoms with Crippen molar-refractivity contribution in [3.63, 3.8) is 0 Å². The molecule has 0 saturated heterocycles. The highest BCUT2D eigenvalue weighted by Crippen LogP contribution is 2.19. The van der Waals surface area contributed by atoms with E-state index in [9.17, 15) is 4.79 Å². The number of aryl methyl sites for hydroxylation is 3. The fraction of sp³-hybridized carbons (Fsp3) is 0.350. The van der Waals surface area contributed by atoms with Crippen LogP contribution in [-0.4, -0.2) is 20.8 Å². The Balaban J connectivity index is 1.67. The van der Waals surface area contributed by atoms with Crippen LogP contribution in [0.5, 0.6) is 5.75 Å². The number of hydrogen-bond donors (Lipinski definition) is 1. The van der Waals surface area contributed by atoms with Gasteiger partial charge in [-0.3, -0.25) is 9.48 Å². The number of nitrogens with zero attached hydrogens (tertiary/aromatic N) is 3. The van der Waals surface area contributed by atoms with Gasteiger partial charge in [0.25, 0.3) is 5.91 Å². The van der Waals surface area contributed by atoms with E-state index in [1.165, 1.54) is 0 Å². The summed E-state index contributed by atoms with van der Waals surface area (Å²) in [6.45, 7) is 9.18. The molecule has 0 bridgehead atoms. The molecule has 0 unspecified atom stereocenters. The summed E-state index contributed by atoms with van der Waals surface area (Å²) < 4.78 is 12.9. The highest BCUT2D eigenvalue weighted by atomic mass is 16.5. The molecule has 1 amide bonds. The summed E-state index contributed by atoms with van der Waals surface area (Å²) in [5.74, 6) is 1.02. The number of ether oxygens (including phenoxy) is 1. The van der Waals surface area contributed by atoms with Crippen LogP contribution in [0, 0.1) is 20.8 Å². The number of benzene rings is 1. The summed E-state index contributed by atoms with van der Waals surface area (Å²) in [7, 11) is 0. The van der Waals surface area contributed by atoms with Crippen LogP contribution in [0.1, 0.15) is 45.6 Å². The number of nitrogens with one attached hydrogen (secondary N) is 1. The second-order valence-corrected chi connectivity index (χ2v) is 6.42. The molecule has 0 spiro atoms. The topological polar surface area (TPSA) is 82.2 Å². The SMILES string of the molecule is CCn1ncc(CNC(=O)c2noc(C)c2COc2cccc(C)c2)c1C. The van der Waals surface area contributed by atoms with E-state index in [0.29, 0.717) is 17.9 Å². The minimum absolute atomic E-state index is 0.217. The molecule has 0 aliphatic carbocycles. The van der Waals surface area contributed by atoms with Crippen molar-refractivity contribution in [3.05, 3.63) is 64.3 Å². The van der Waals surface area contributed by atoms with Gasteiger partial charge in [0, 0.05) is 24.3 Å². The minimum atomic E-state index is -0.293. The summed E-state index contributed by atoms with van der Waals surface area (Å²) >= 11 is 0. The van der Waals surface area contributed by atoms with Gasteiger partial charge in [-0.25, -0.2) is 0 Å². The molecule has 0 aliphatic rings. The molecule has 2 heterocycles. The fourth-order valence-corrected chi connectivity index (χ4v) is 2.84. The first-order valence-electron chi connectivity index (χ1n) is 8.93. The maximum atomic E-state index is 12.6. The van der Waals surface area contributed by atoms with Crippen molar-refractivity contribution >= 4 is 5.91 Å². The lowest BCUT2D eigenvalue weighted by Crippen LogP contribution is -2.25. The lowest BCUT2D eigenvalue weighted by molar-refractivity contribution is 0.0939. The van der Waals surface area contributed by atoms with Gasteiger partial charge in [0.05, 0.1) is 11.8 Å². The lowest BCUT2D eigenvalue weighted by atomic mass is 10.2. The normalized spacial score (nSPS) is 10.8. The van der Waals surface area contributed by atoms with E-state index in [1.807, 2.05) is 49.7 Å². The van der Waals surface area contributed by atoms with Gasteiger partial charge in [0.15, 0.2) is 5.69 Å². The van der Waals surface area contributed by atoms with E-state index in [0.717, 1.165) is 29.1 Å². The van der Waals surface area contributed by atoms with Crippen LogP contribution in [0.15, 0.2) is 35.0 Å². The molecule has 3 aromatic rings. The summed E-state index contributed by atoms with van der Waals surface area (Å²) in [5, 5.41) is 11.1. The van der Waals surface area contributed by atoms with Gasteiger partial charge in [0.1, 0.15) is 18.1 Å². The van der Waals surface area contributed by atoms with Gasteiger partial charge >= 0.3 is 0 Å². The van der Waals surface area contributed by atoms with Crippen LogP contribution < -0.4 is 10.1 Å². The number of aromatic nitrogens is 3. The van der Waals surface area contributed by atoms with Gasteiger partial charge in [-0.2, -0.15) is 5.10 Å². The zero-order valence-corrected chi connectivity index (χ0v) is 16.1. The van der Waals surface area contributed by atoms with Crippen molar-refractivity contribution in [1.29, 1.82) is 0 Å². The Morgan fingerprint density at radius 3 is 2.81 bits per heavy atom. The van der Waals surface area contributed by atoms with E-state index in [-0.39, 0.29) is 18.2 Å². The molecule has 0 fully saturated rings. The van der Waals surface area contributed by atoms with Crippen LogP contribution in [0.2, 0.25) is 0 Å². The van der Waals surface area contributed by atoms with Crippen LogP contribution >= 0.6 is 0 Å². The first-order chi connectivity index (χ1) is 13.0. The quantitative estimate of drug-likeness (QED) is 0.692. The van der Waals surface area contributed by atoms with Gasteiger partial charge < -0.3 is 14.6 Å². The fourth-order valence-electron chi connectivity index (χ4n) is 2.84. The number of carbonyl (C=O) groups is 1. The first kappa shape index (κ1) is 18.7. The van der Waals surface area contributed by atoms with E-state index in [4.69, 9.17) is 9.26 Å². The van der Waals surface area contributed by atoms with Crippen molar-refractivity contribution < 1.29 is 14.1 Å². The van der Waals surface area contributed by atoms with E-state index < -0.39 is 0 Å². The molecular weight excluding hydrogens is 344 g/mol. The summed E-state index contributed by atoms with van der Waals surface area (Å²) in [6.07, 6.45) is 1.77. The molecule has 7 heteroatoms. The molecule has 142 valence electrons. The third-order valence-corrected chi connectivity index (χ3v) is 4.52. The lowest BCUT2D eigenvalue weighted by Gasteiger charge is -2.08. The number of amides is 1. The second-order valence-electron chi connectivity index (χ2n) is 6.42. The maximum absolute atomic E-state index is 12.6. The van der Waals surface area contributed by atoms with Gasteiger partial charge in [-0.05, 0) is 45.4 Å². The van der Waals surface area contributed by atoms with Crippen molar-refractivity contribution in [2.24, 2.45) is 0 Å². The average Bonchev–Trinajstić information content (AvgIpc) is 3.20. The monoisotopic (exact) mass is 368 g/mol. The molecule has 7 nitrogen and oxygen atoms in total. The molecular formula is C20H24N4O3. The highest BCUT2D eigenvalue weighted by Gasteiger charge is 2.20. The van der Waals surface area contributed by atoms with Crippen molar-refractivity contribution in [1.82, 2.24) is 20.3 Å². The molecule has 1 N–H and O–H groups in total. The molecule has 0 saturated carbocycles. The maximum Gasteiger partial charge on any atom is 0.274 e. The first-order valence-corrected chi connectivity index (χ1v) is 8.93. The summed E-state index contributed by atoms with van der Waals surface area (Å²) in [5.41, 5.74) is 4.02. The predicted molar refractivity (Wildman–Crippen MR) is 101 cm³/mol. The Bertz CT molecular complexity index is 943. The smallest absolute Gasteiger partial charge is 0.274 e. The van der Waals surface area contributed by atoms with Gasteiger partial charge in [-0.1, -0.05) is 17.3 Å². The number of hydrogen-bond acceptors (Lipinski definition) is 5. The number of carbonyl (C=O) groups excluding carboxylic acids is 1. The third kappa shape index (κ3) is 4.19. The minimum Gasteiger partial charge on any atom is -0.489 e. The van der Waals surface area contributed by atoms with Crippen LogP contribution in [-0.2, 0) is 19.7 Å². The van der Waals surface area contributed by atoms with Crippen LogP contribution in [0.3, 0.4) is 0 Å². The van der Waals surface area contributed by atoms with Gasteiger partial charge in [0.2, 0.25) is 0 Å². The molecule has 0 aliphatic heterocycles. The van der Waals surface area contributed by atoms with Crippen LogP contribution in [0.25, 0.3) is 0 Å². The summed E-state index contributed by atoms with van der Waals surface area (Å²) in [4.78, 5) is 12.6. The Kier molecular flexibility index (Phi) is 5.59. The van der Waals surface area contributed by atoms with Crippen LogP contribution in [0.4, 0.5) is 0 Å². The van der Waals surface area contributed by atoms with Crippen molar-refractivity contribution in [2.45, 2.75) is 47.4 Å². The second kappa shape index (κ2) is 8.07.